The average Bonchev–Trinajstić information content (AvgIpc) is 2.36. The summed E-state index contributed by atoms with van der Waals surface area (Å²) in [6, 6.07) is 5.51. The summed E-state index contributed by atoms with van der Waals surface area (Å²) >= 11 is 0. The SMILES string of the molecule is COc1ccc(OC)c2c(C(C)O)cc(C)nc12. The monoisotopic (exact) mass is 247 g/mol. The van der Waals surface area contributed by atoms with Crippen LogP contribution in [0.4, 0.5) is 0 Å². The number of aromatic nitrogens is 1. The predicted molar refractivity (Wildman–Crippen MR) is 70.2 cm³/mol. The first-order valence-corrected chi connectivity index (χ1v) is 5.78. The number of aliphatic hydroxyl groups excluding tert-OH is 1. The molecule has 0 fully saturated rings. The molecule has 4 nitrogen and oxygen atoms in total. The third kappa shape index (κ3) is 1.99. The Kier molecular flexibility index (Phi) is 3.39. The van der Waals surface area contributed by atoms with Crippen LogP contribution in [0.1, 0.15) is 24.3 Å². The van der Waals surface area contributed by atoms with Gasteiger partial charge in [0.25, 0.3) is 0 Å². The van der Waals surface area contributed by atoms with Crippen molar-refractivity contribution in [2.45, 2.75) is 20.0 Å². The molecule has 0 aliphatic heterocycles. The Labute approximate surface area is 106 Å². The highest BCUT2D eigenvalue weighted by molar-refractivity contribution is 5.93. The van der Waals surface area contributed by atoms with E-state index in [0.29, 0.717) is 17.0 Å². The van der Waals surface area contributed by atoms with E-state index in [1.807, 2.05) is 25.1 Å². The molecule has 0 aliphatic rings. The molecule has 96 valence electrons. The molecule has 0 saturated carbocycles. The molecule has 0 saturated heterocycles. The van der Waals surface area contributed by atoms with E-state index >= 15 is 0 Å². The molecule has 1 N–H and O–H groups in total. The molecule has 4 heteroatoms. The highest BCUT2D eigenvalue weighted by Gasteiger charge is 2.16. The van der Waals surface area contributed by atoms with Gasteiger partial charge in [-0.25, -0.2) is 4.98 Å². The second-order valence-electron chi connectivity index (χ2n) is 4.22. The first kappa shape index (κ1) is 12.6. The van der Waals surface area contributed by atoms with Crippen LogP contribution < -0.4 is 9.47 Å². The number of aliphatic hydroxyl groups is 1. The number of rotatable bonds is 3. The lowest BCUT2D eigenvalue weighted by Gasteiger charge is -2.15. The first-order chi connectivity index (χ1) is 8.58. The minimum Gasteiger partial charge on any atom is -0.496 e. The van der Waals surface area contributed by atoms with Crippen molar-refractivity contribution in [3.63, 3.8) is 0 Å². The van der Waals surface area contributed by atoms with E-state index in [4.69, 9.17) is 9.47 Å². The lowest BCUT2D eigenvalue weighted by molar-refractivity contribution is 0.200. The van der Waals surface area contributed by atoms with Gasteiger partial charge < -0.3 is 14.6 Å². The Morgan fingerprint density at radius 3 is 2.33 bits per heavy atom. The molecule has 18 heavy (non-hydrogen) atoms. The van der Waals surface area contributed by atoms with Gasteiger partial charge in [-0.2, -0.15) is 0 Å². The minimum atomic E-state index is -0.588. The zero-order valence-corrected chi connectivity index (χ0v) is 11.0. The Morgan fingerprint density at radius 1 is 1.17 bits per heavy atom. The van der Waals surface area contributed by atoms with Crippen molar-refractivity contribution in [3.05, 3.63) is 29.5 Å². The highest BCUT2D eigenvalue weighted by Crippen LogP contribution is 2.36. The summed E-state index contributed by atoms with van der Waals surface area (Å²) in [5.41, 5.74) is 2.35. The van der Waals surface area contributed by atoms with Crippen LogP contribution in [0.25, 0.3) is 10.9 Å². The predicted octanol–water partition coefficient (Wildman–Crippen LogP) is 2.61. The second-order valence-corrected chi connectivity index (χ2v) is 4.22. The van der Waals surface area contributed by atoms with Gasteiger partial charge in [0, 0.05) is 5.69 Å². The Morgan fingerprint density at radius 2 is 1.78 bits per heavy atom. The van der Waals surface area contributed by atoms with Gasteiger partial charge in [0.05, 0.1) is 25.7 Å². The van der Waals surface area contributed by atoms with E-state index < -0.39 is 6.10 Å². The molecular formula is C14H17NO3. The van der Waals surface area contributed by atoms with Gasteiger partial charge in [-0.1, -0.05) is 0 Å². The van der Waals surface area contributed by atoms with Gasteiger partial charge in [0.15, 0.2) is 0 Å². The summed E-state index contributed by atoms with van der Waals surface area (Å²) in [6.45, 7) is 3.62. The lowest BCUT2D eigenvalue weighted by atomic mass is 10.0. The van der Waals surface area contributed by atoms with Crippen LogP contribution in [0.15, 0.2) is 18.2 Å². The normalized spacial score (nSPS) is 12.5. The number of aryl methyl sites for hydroxylation is 1. The Balaban J connectivity index is 2.91. The van der Waals surface area contributed by atoms with Gasteiger partial charge >= 0.3 is 0 Å². The van der Waals surface area contributed by atoms with E-state index in [1.54, 1.807) is 21.1 Å². The van der Waals surface area contributed by atoms with E-state index in [0.717, 1.165) is 16.6 Å². The number of ether oxygens (including phenoxy) is 2. The maximum Gasteiger partial charge on any atom is 0.145 e. The van der Waals surface area contributed by atoms with E-state index in [9.17, 15) is 5.11 Å². The third-order valence-electron chi connectivity index (χ3n) is 2.93. The summed E-state index contributed by atoms with van der Waals surface area (Å²) in [5, 5.41) is 10.7. The summed E-state index contributed by atoms with van der Waals surface area (Å²) in [7, 11) is 3.21. The largest absolute Gasteiger partial charge is 0.496 e. The van der Waals surface area contributed by atoms with E-state index in [1.165, 1.54) is 0 Å². The smallest absolute Gasteiger partial charge is 0.145 e. The maximum atomic E-state index is 9.91. The lowest BCUT2D eigenvalue weighted by Crippen LogP contribution is -2.00. The highest BCUT2D eigenvalue weighted by atomic mass is 16.5. The van der Waals surface area contributed by atoms with Crippen LogP contribution in [0, 0.1) is 6.92 Å². The second kappa shape index (κ2) is 4.82. The molecule has 1 aromatic carbocycles. The van der Waals surface area contributed by atoms with Crippen LogP contribution >= 0.6 is 0 Å². The van der Waals surface area contributed by atoms with Gasteiger partial charge in [0.1, 0.15) is 17.0 Å². The van der Waals surface area contributed by atoms with Crippen molar-refractivity contribution < 1.29 is 14.6 Å². The molecule has 1 aromatic heterocycles. The van der Waals surface area contributed by atoms with Crippen molar-refractivity contribution in [3.8, 4) is 11.5 Å². The average molecular weight is 247 g/mol. The van der Waals surface area contributed by atoms with Crippen LogP contribution in [-0.4, -0.2) is 24.3 Å². The summed E-state index contributed by atoms with van der Waals surface area (Å²) in [6.07, 6.45) is -0.588. The molecule has 0 amide bonds. The Hall–Kier alpha value is -1.81. The first-order valence-electron chi connectivity index (χ1n) is 5.78. The molecule has 1 heterocycles. The molecule has 0 spiro atoms. The number of pyridine rings is 1. The van der Waals surface area contributed by atoms with Gasteiger partial charge in [-0.05, 0) is 37.6 Å². The third-order valence-corrected chi connectivity index (χ3v) is 2.93. The van der Waals surface area contributed by atoms with E-state index in [-0.39, 0.29) is 0 Å². The van der Waals surface area contributed by atoms with Crippen molar-refractivity contribution in [1.82, 2.24) is 4.98 Å². The number of fused-ring (bicyclic) bond motifs is 1. The summed E-state index contributed by atoms with van der Waals surface area (Å²) < 4.78 is 10.7. The molecule has 0 aliphatic carbocycles. The molecule has 1 unspecified atom stereocenters. The van der Waals surface area contributed by atoms with Crippen LogP contribution in [0.2, 0.25) is 0 Å². The van der Waals surface area contributed by atoms with Gasteiger partial charge in [-0.15, -0.1) is 0 Å². The van der Waals surface area contributed by atoms with Crippen LogP contribution in [-0.2, 0) is 0 Å². The number of hydrogen-bond donors (Lipinski definition) is 1. The summed E-state index contributed by atoms with van der Waals surface area (Å²) in [4.78, 5) is 4.48. The fraction of sp³-hybridized carbons (Fsp3) is 0.357. The molecule has 2 aromatic rings. The fourth-order valence-corrected chi connectivity index (χ4v) is 2.11. The molecular weight excluding hydrogens is 230 g/mol. The van der Waals surface area contributed by atoms with Crippen molar-refractivity contribution in [1.29, 1.82) is 0 Å². The number of benzene rings is 1. The number of hydrogen-bond acceptors (Lipinski definition) is 4. The van der Waals surface area contributed by atoms with Gasteiger partial charge in [0.2, 0.25) is 0 Å². The number of methoxy groups -OCH3 is 2. The maximum absolute atomic E-state index is 9.91. The standard InChI is InChI=1S/C14H17NO3/c1-8-7-10(9(2)16)13-11(17-3)5-6-12(18-4)14(13)15-8/h5-7,9,16H,1-4H3. The quantitative estimate of drug-likeness (QED) is 0.905. The molecule has 0 radical (unpaired) electrons. The zero-order valence-electron chi connectivity index (χ0n) is 11.0. The Bertz CT molecular complexity index is 579. The van der Waals surface area contributed by atoms with E-state index in [2.05, 4.69) is 4.98 Å². The minimum absolute atomic E-state index is 0.588. The van der Waals surface area contributed by atoms with Crippen LogP contribution in [0.3, 0.4) is 0 Å². The molecule has 1 atom stereocenters. The fourth-order valence-electron chi connectivity index (χ4n) is 2.11. The van der Waals surface area contributed by atoms with Crippen LogP contribution in [0.5, 0.6) is 11.5 Å². The van der Waals surface area contributed by atoms with Crippen molar-refractivity contribution >= 4 is 10.9 Å². The molecule has 0 bridgehead atoms. The molecule has 2 rings (SSSR count). The van der Waals surface area contributed by atoms with Crippen molar-refractivity contribution in [2.75, 3.05) is 14.2 Å². The van der Waals surface area contributed by atoms with Crippen molar-refractivity contribution in [2.24, 2.45) is 0 Å². The summed E-state index contributed by atoms with van der Waals surface area (Å²) in [5.74, 6) is 1.37. The zero-order chi connectivity index (χ0) is 13.3. The van der Waals surface area contributed by atoms with Gasteiger partial charge in [-0.3, -0.25) is 0 Å². The number of nitrogens with zero attached hydrogens (tertiary/aromatic N) is 1. The topological polar surface area (TPSA) is 51.6 Å².